The van der Waals surface area contributed by atoms with Crippen LogP contribution < -0.4 is 0 Å². The Morgan fingerprint density at radius 3 is 1.83 bits per heavy atom. The summed E-state index contributed by atoms with van der Waals surface area (Å²) in [5.74, 6) is 1.40. The van der Waals surface area contributed by atoms with Crippen LogP contribution in [0.4, 0.5) is 0 Å². The third-order valence-corrected chi connectivity index (χ3v) is 5.67. The highest BCUT2D eigenvalue weighted by Gasteiger charge is 2.13. The largest absolute Gasteiger partial charge is 0.338 e. The fraction of sp³-hybridized carbons (Fsp3) is 0.0476. The number of imidazole rings is 2. The minimum atomic E-state index is -4.26. The molecular formula is C21H16N4O3S. The van der Waals surface area contributed by atoms with E-state index in [-0.39, 0.29) is 4.90 Å². The number of nitrogens with zero attached hydrogens (tertiary/aromatic N) is 2. The molecule has 0 unspecified atom stereocenters. The lowest BCUT2D eigenvalue weighted by atomic mass is 10.1. The van der Waals surface area contributed by atoms with Gasteiger partial charge >= 0.3 is 0 Å². The molecule has 29 heavy (non-hydrogen) atoms. The molecule has 2 aromatic heterocycles. The highest BCUT2D eigenvalue weighted by Crippen LogP contribution is 2.26. The van der Waals surface area contributed by atoms with Gasteiger partial charge in [0.15, 0.2) is 0 Å². The van der Waals surface area contributed by atoms with E-state index >= 15 is 0 Å². The molecular weight excluding hydrogens is 388 g/mol. The smallest absolute Gasteiger partial charge is 0.294 e. The molecule has 0 atom stereocenters. The van der Waals surface area contributed by atoms with Crippen molar-refractivity contribution in [2.45, 2.75) is 11.8 Å². The van der Waals surface area contributed by atoms with Gasteiger partial charge < -0.3 is 9.97 Å². The number of aromatic amines is 2. The van der Waals surface area contributed by atoms with Gasteiger partial charge in [0.1, 0.15) is 11.6 Å². The van der Waals surface area contributed by atoms with Gasteiger partial charge in [-0.05, 0) is 42.8 Å². The van der Waals surface area contributed by atoms with Gasteiger partial charge in [0.05, 0.1) is 27.0 Å². The molecule has 0 amide bonds. The van der Waals surface area contributed by atoms with Crippen LogP contribution in [0.1, 0.15) is 5.56 Å². The Balaban J connectivity index is 1.50. The Kier molecular flexibility index (Phi) is 3.80. The lowest BCUT2D eigenvalue weighted by Gasteiger charge is -1.99. The van der Waals surface area contributed by atoms with Crippen molar-refractivity contribution in [3.8, 4) is 22.8 Å². The summed E-state index contributed by atoms with van der Waals surface area (Å²) in [7, 11) is -4.26. The van der Waals surface area contributed by atoms with Gasteiger partial charge in [0.25, 0.3) is 10.1 Å². The molecule has 0 saturated carbocycles. The molecule has 5 rings (SSSR count). The normalized spacial score (nSPS) is 12.1. The minimum absolute atomic E-state index is 0.171. The molecule has 0 fully saturated rings. The van der Waals surface area contributed by atoms with Crippen molar-refractivity contribution in [2.24, 2.45) is 0 Å². The first-order valence-electron chi connectivity index (χ1n) is 8.91. The predicted molar refractivity (Wildman–Crippen MR) is 111 cm³/mol. The maximum Gasteiger partial charge on any atom is 0.294 e. The first kappa shape index (κ1) is 17.6. The number of hydrogen-bond acceptors (Lipinski definition) is 4. The standard InChI is InChI=1S/C21H16N4O3S/c1-12-2-8-16-18(10-12)24-20(22-16)13-3-5-14(6-4-13)21-23-17-9-7-15(29(26,27)28)11-19(17)25-21/h2-11H,1H3,(H,22,24)(H,23,25)(H,26,27,28). The van der Waals surface area contributed by atoms with Gasteiger partial charge in [-0.15, -0.1) is 0 Å². The molecule has 0 aliphatic carbocycles. The molecule has 3 N–H and O–H groups in total. The first-order chi connectivity index (χ1) is 13.9. The molecule has 5 aromatic rings. The highest BCUT2D eigenvalue weighted by molar-refractivity contribution is 7.85. The second-order valence-corrected chi connectivity index (χ2v) is 8.34. The van der Waals surface area contributed by atoms with Crippen LogP contribution in [-0.4, -0.2) is 32.9 Å². The van der Waals surface area contributed by atoms with Crippen LogP contribution in [0.3, 0.4) is 0 Å². The Hall–Kier alpha value is -3.49. The Labute approximate surface area is 166 Å². The number of hydrogen-bond donors (Lipinski definition) is 3. The molecule has 144 valence electrons. The fourth-order valence-electron chi connectivity index (χ4n) is 3.33. The molecule has 0 aliphatic rings. The topological polar surface area (TPSA) is 112 Å². The Morgan fingerprint density at radius 2 is 1.28 bits per heavy atom. The molecule has 7 nitrogen and oxygen atoms in total. The van der Waals surface area contributed by atoms with E-state index < -0.39 is 10.1 Å². The lowest BCUT2D eigenvalue weighted by molar-refractivity contribution is 0.483. The number of nitrogens with one attached hydrogen (secondary N) is 2. The van der Waals surface area contributed by atoms with Gasteiger partial charge in [0.2, 0.25) is 0 Å². The van der Waals surface area contributed by atoms with E-state index in [0.29, 0.717) is 16.9 Å². The average molecular weight is 404 g/mol. The predicted octanol–water partition coefficient (Wildman–Crippen LogP) is 4.33. The van der Waals surface area contributed by atoms with Gasteiger partial charge in [-0.2, -0.15) is 8.42 Å². The molecule has 0 radical (unpaired) electrons. The fourth-order valence-corrected chi connectivity index (χ4v) is 3.84. The average Bonchev–Trinajstić information content (AvgIpc) is 3.30. The summed E-state index contributed by atoms with van der Waals surface area (Å²) in [4.78, 5) is 15.4. The van der Waals surface area contributed by atoms with Crippen LogP contribution in [0.25, 0.3) is 44.8 Å². The maximum absolute atomic E-state index is 11.3. The molecule has 8 heteroatoms. The van der Waals surface area contributed by atoms with Crippen LogP contribution >= 0.6 is 0 Å². The quantitative estimate of drug-likeness (QED) is 0.388. The van der Waals surface area contributed by atoms with Crippen LogP contribution in [0, 0.1) is 6.92 Å². The zero-order valence-corrected chi connectivity index (χ0v) is 16.2. The van der Waals surface area contributed by atoms with Crippen molar-refractivity contribution < 1.29 is 13.0 Å². The van der Waals surface area contributed by atoms with E-state index in [4.69, 9.17) is 0 Å². The number of fused-ring (bicyclic) bond motifs is 2. The number of H-pyrrole nitrogens is 2. The molecule has 2 heterocycles. The van der Waals surface area contributed by atoms with Crippen molar-refractivity contribution >= 4 is 32.2 Å². The summed E-state index contributed by atoms with van der Waals surface area (Å²) in [6.07, 6.45) is 0. The SMILES string of the molecule is Cc1ccc2nc(-c3ccc(-c4nc5ccc(S(=O)(=O)O)cc5[nH]4)cc3)[nH]c2c1. The lowest BCUT2D eigenvalue weighted by Crippen LogP contribution is -1.97. The first-order valence-corrected chi connectivity index (χ1v) is 10.4. The zero-order chi connectivity index (χ0) is 20.2. The van der Waals surface area contributed by atoms with Gasteiger partial charge in [-0.1, -0.05) is 30.3 Å². The van der Waals surface area contributed by atoms with Crippen LogP contribution in [-0.2, 0) is 10.1 Å². The minimum Gasteiger partial charge on any atom is -0.338 e. The van der Waals surface area contributed by atoms with E-state index in [9.17, 15) is 13.0 Å². The van der Waals surface area contributed by atoms with E-state index in [1.807, 2.05) is 43.3 Å². The number of rotatable bonds is 3. The molecule has 0 aliphatic heterocycles. The van der Waals surface area contributed by atoms with Gasteiger partial charge in [-0.25, -0.2) is 9.97 Å². The summed E-state index contributed by atoms with van der Waals surface area (Å²) >= 11 is 0. The van der Waals surface area contributed by atoms with E-state index in [1.54, 1.807) is 6.07 Å². The summed E-state index contributed by atoms with van der Waals surface area (Å²) < 4.78 is 31.9. The monoisotopic (exact) mass is 404 g/mol. The molecule has 3 aromatic carbocycles. The third-order valence-electron chi connectivity index (χ3n) is 4.82. The summed E-state index contributed by atoms with van der Waals surface area (Å²) in [5.41, 5.74) is 6.04. The summed E-state index contributed by atoms with van der Waals surface area (Å²) in [6, 6.07) is 18.1. The van der Waals surface area contributed by atoms with Crippen molar-refractivity contribution in [1.29, 1.82) is 0 Å². The van der Waals surface area contributed by atoms with E-state index in [0.717, 1.165) is 28.0 Å². The number of aryl methyl sites for hydroxylation is 1. The third kappa shape index (κ3) is 3.18. The highest BCUT2D eigenvalue weighted by atomic mass is 32.2. The van der Waals surface area contributed by atoms with Crippen molar-refractivity contribution in [2.75, 3.05) is 0 Å². The van der Waals surface area contributed by atoms with Crippen molar-refractivity contribution in [1.82, 2.24) is 19.9 Å². The van der Waals surface area contributed by atoms with Crippen molar-refractivity contribution in [3.05, 3.63) is 66.2 Å². The second kappa shape index (κ2) is 6.26. The van der Waals surface area contributed by atoms with Gasteiger partial charge in [0, 0.05) is 11.1 Å². The number of benzene rings is 3. The Bertz CT molecular complexity index is 1480. The summed E-state index contributed by atoms with van der Waals surface area (Å²) in [5, 5.41) is 0. The molecule has 0 bridgehead atoms. The van der Waals surface area contributed by atoms with Crippen LogP contribution in [0.15, 0.2) is 65.6 Å². The maximum atomic E-state index is 11.3. The van der Waals surface area contributed by atoms with Crippen LogP contribution in [0.5, 0.6) is 0 Å². The molecule has 0 spiro atoms. The Morgan fingerprint density at radius 1 is 0.759 bits per heavy atom. The van der Waals surface area contributed by atoms with E-state index in [1.165, 1.54) is 17.7 Å². The van der Waals surface area contributed by atoms with Gasteiger partial charge in [-0.3, -0.25) is 4.55 Å². The second-order valence-electron chi connectivity index (χ2n) is 6.92. The van der Waals surface area contributed by atoms with Crippen LogP contribution in [0.2, 0.25) is 0 Å². The number of aromatic nitrogens is 4. The van der Waals surface area contributed by atoms with E-state index in [2.05, 4.69) is 26.0 Å². The zero-order valence-electron chi connectivity index (χ0n) is 15.3. The molecule has 0 saturated heterocycles. The van der Waals surface area contributed by atoms with Crippen molar-refractivity contribution in [3.63, 3.8) is 0 Å². The summed E-state index contributed by atoms with van der Waals surface area (Å²) in [6.45, 7) is 2.04.